The number of nitrogens with two attached hydrogens (primary N) is 1. The molecule has 1 unspecified atom stereocenters. The van der Waals surface area contributed by atoms with Crippen LogP contribution in [0.3, 0.4) is 0 Å². The summed E-state index contributed by atoms with van der Waals surface area (Å²) in [5.41, 5.74) is 7.32. The highest BCUT2D eigenvalue weighted by atomic mass is 16.2. The molecular weight excluding hydrogens is 316 g/mol. The Labute approximate surface area is 147 Å². The second-order valence-corrected chi connectivity index (χ2v) is 7.10. The minimum absolute atomic E-state index is 0.0921. The molecule has 2 saturated heterocycles. The van der Waals surface area contributed by atoms with E-state index in [-0.39, 0.29) is 17.9 Å². The van der Waals surface area contributed by atoms with Gasteiger partial charge in [-0.3, -0.25) is 14.5 Å². The molecule has 6 nitrogen and oxygen atoms in total. The van der Waals surface area contributed by atoms with Gasteiger partial charge >= 0.3 is 0 Å². The van der Waals surface area contributed by atoms with Crippen LogP contribution in [-0.2, 0) is 4.79 Å². The SMILES string of the molecule is NC(=O)C1CCCN1C1CCN(C(=O)c2ccc3[nH]ccc3c2)CC1. The van der Waals surface area contributed by atoms with Crippen LogP contribution < -0.4 is 5.73 Å². The molecule has 1 aromatic heterocycles. The van der Waals surface area contributed by atoms with Gasteiger partial charge in [0.2, 0.25) is 5.91 Å². The number of likely N-dealkylation sites (tertiary alicyclic amines) is 2. The fourth-order valence-corrected chi connectivity index (χ4v) is 4.30. The molecule has 1 atom stereocenters. The highest BCUT2D eigenvalue weighted by Crippen LogP contribution is 2.26. The fraction of sp³-hybridized carbons (Fsp3) is 0.474. The van der Waals surface area contributed by atoms with Gasteiger partial charge in [-0.25, -0.2) is 0 Å². The van der Waals surface area contributed by atoms with Crippen LogP contribution in [0.4, 0.5) is 0 Å². The molecule has 3 heterocycles. The number of hydrogen-bond donors (Lipinski definition) is 2. The second-order valence-electron chi connectivity index (χ2n) is 7.10. The summed E-state index contributed by atoms with van der Waals surface area (Å²) in [5, 5.41) is 1.06. The van der Waals surface area contributed by atoms with Crippen molar-refractivity contribution in [3.8, 4) is 0 Å². The number of aromatic amines is 1. The molecule has 0 bridgehead atoms. The summed E-state index contributed by atoms with van der Waals surface area (Å²) < 4.78 is 0. The molecule has 2 amide bonds. The van der Waals surface area contributed by atoms with E-state index in [2.05, 4.69) is 9.88 Å². The van der Waals surface area contributed by atoms with Crippen molar-refractivity contribution >= 4 is 22.7 Å². The van der Waals surface area contributed by atoms with Crippen LogP contribution >= 0.6 is 0 Å². The second kappa shape index (κ2) is 6.52. The molecule has 1 aromatic carbocycles. The minimum Gasteiger partial charge on any atom is -0.368 e. The number of carbonyl (C=O) groups excluding carboxylic acids is 2. The van der Waals surface area contributed by atoms with E-state index in [1.165, 1.54) is 0 Å². The topological polar surface area (TPSA) is 82.4 Å². The zero-order valence-corrected chi connectivity index (χ0v) is 14.3. The van der Waals surface area contributed by atoms with Crippen molar-refractivity contribution in [2.24, 2.45) is 5.73 Å². The number of benzene rings is 1. The Morgan fingerprint density at radius 2 is 1.88 bits per heavy atom. The van der Waals surface area contributed by atoms with Gasteiger partial charge in [-0.15, -0.1) is 0 Å². The molecule has 2 aliphatic heterocycles. The van der Waals surface area contributed by atoms with Crippen molar-refractivity contribution in [3.05, 3.63) is 36.0 Å². The largest absolute Gasteiger partial charge is 0.368 e. The summed E-state index contributed by atoms with van der Waals surface area (Å²) in [6, 6.07) is 8.01. The normalized spacial score (nSPS) is 22.6. The van der Waals surface area contributed by atoms with Gasteiger partial charge in [-0.05, 0) is 56.5 Å². The van der Waals surface area contributed by atoms with Crippen LogP contribution in [0, 0.1) is 0 Å². The Balaban J connectivity index is 1.41. The number of aromatic nitrogens is 1. The Hall–Kier alpha value is -2.34. The molecule has 2 fully saturated rings. The number of hydrogen-bond acceptors (Lipinski definition) is 3. The van der Waals surface area contributed by atoms with Crippen LogP contribution in [0.1, 0.15) is 36.0 Å². The predicted molar refractivity (Wildman–Crippen MR) is 96.1 cm³/mol. The number of carbonyl (C=O) groups is 2. The first-order valence-corrected chi connectivity index (χ1v) is 9.05. The Kier molecular flexibility index (Phi) is 4.21. The lowest BCUT2D eigenvalue weighted by Crippen LogP contribution is -2.51. The molecule has 3 N–H and O–H groups in total. The summed E-state index contributed by atoms with van der Waals surface area (Å²) in [4.78, 5) is 31.7. The van der Waals surface area contributed by atoms with Gasteiger partial charge in [0.05, 0.1) is 6.04 Å². The lowest BCUT2D eigenvalue weighted by atomic mass is 10.0. The monoisotopic (exact) mass is 340 g/mol. The van der Waals surface area contributed by atoms with Gasteiger partial charge < -0.3 is 15.6 Å². The summed E-state index contributed by atoms with van der Waals surface area (Å²) in [6.45, 7) is 2.41. The number of piperidine rings is 1. The summed E-state index contributed by atoms with van der Waals surface area (Å²) in [7, 11) is 0. The third-order valence-electron chi connectivity index (χ3n) is 5.64. The minimum atomic E-state index is -0.212. The van der Waals surface area contributed by atoms with Crippen LogP contribution in [0.5, 0.6) is 0 Å². The Bertz CT molecular complexity index is 792. The van der Waals surface area contributed by atoms with Crippen molar-refractivity contribution in [3.63, 3.8) is 0 Å². The smallest absolute Gasteiger partial charge is 0.253 e. The molecule has 2 aliphatic rings. The molecule has 4 rings (SSSR count). The fourth-order valence-electron chi connectivity index (χ4n) is 4.30. The highest BCUT2D eigenvalue weighted by Gasteiger charge is 2.36. The molecule has 0 spiro atoms. The van der Waals surface area contributed by atoms with Crippen LogP contribution in [0.15, 0.2) is 30.5 Å². The zero-order chi connectivity index (χ0) is 17.4. The van der Waals surface area contributed by atoms with E-state index in [9.17, 15) is 9.59 Å². The number of nitrogens with zero attached hydrogens (tertiary/aromatic N) is 2. The molecule has 25 heavy (non-hydrogen) atoms. The van der Waals surface area contributed by atoms with E-state index >= 15 is 0 Å². The average Bonchev–Trinajstić information content (AvgIpc) is 3.29. The Morgan fingerprint density at radius 3 is 2.64 bits per heavy atom. The Morgan fingerprint density at radius 1 is 1.08 bits per heavy atom. The number of fused-ring (bicyclic) bond motifs is 1. The average molecular weight is 340 g/mol. The first-order chi connectivity index (χ1) is 12.1. The van der Waals surface area contributed by atoms with Gasteiger partial charge in [0, 0.05) is 41.8 Å². The van der Waals surface area contributed by atoms with Crippen molar-refractivity contribution in [1.29, 1.82) is 0 Å². The molecular formula is C19H24N4O2. The van der Waals surface area contributed by atoms with Crippen molar-refractivity contribution < 1.29 is 9.59 Å². The van der Waals surface area contributed by atoms with E-state index in [1.807, 2.05) is 35.4 Å². The van der Waals surface area contributed by atoms with E-state index in [0.717, 1.165) is 61.8 Å². The quantitative estimate of drug-likeness (QED) is 0.892. The molecule has 6 heteroatoms. The van der Waals surface area contributed by atoms with E-state index < -0.39 is 0 Å². The third-order valence-corrected chi connectivity index (χ3v) is 5.64. The van der Waals surface area contributed by atoms with Gasteiger partial charge in [-0.1, -0.05) is 0 Å². The van der Waals surface area contributed by atoms with Gasteiger partial charge in [0.1, 0.15) is 0 Å². The number of H-pyrrole nitrogens is 1. The number of primary amides is 1. The van der Waals surface area contributed by atoms with Crippen LogP contribution in [0.2, 0.25) is 0 Å². The van der Waals surface area contributed by atoms with Crippen molar-refractivity contribution in [2.75, 3.05) is 19.6 Å². The maximum absolute atomic E-state index is 12.8. The third kappa shape index (κ3) is 3.02. The predicted octanol–water partition coefficient (Wildman–Crippen LogP) is 1.72. The molecule has 2 aromatic rings. The summed E-state index contributed by atoms with van der Waals surface area (Å²) >= 11 is 0. The summed E-state index contributed by atoms with van der Waals surface area (Å²) in [5.74, 6) is -0.120. The number of rotatable bonds is 3. The molecule has 0 aliphatic carbocycles. The van der Waals surface area contributed by atoms with Gasteiger partial charge in [0.15, 0.2) is 0 Å². The van der Waals surface area contributed by atoms with Crippen LogP contribution in [-0.4, -0.2) is 58.3 Å². The first-order valence-electron chi connectivity index (χ1n) is 9.05. The highest BCUT2D eigenvalue weighted by molar-refractivity contribution is 5.98. The van der Waals surface area contributed by atoms with Gasteiger partial charge in [0.25, 0.3) is 5.91 Å². The lowest BCUT2D eigenvalue weighted by molar-refractivity contribution is -0.123. The standard InChI is InChI=1S/C19H24N4O2/c20-18(24)17-2-1-9-23(17)15-6-10-22(11-7-15)19(25)14-3-4-16-13(12-14)5-8-21-16/h3-5,8,12,15,17,21H,1-2,6-7,9-11H2,(H2,20,24). The molecule has 0 saturated carbocycles. The van der Waals surface area contributed by atoms with Gasteiger partial charge in [-0.2, -0.15) is 0 Å². The van der Waals surface area contributed by atoms with Crippen molar-refractivity contribution in [2.45, 2.75) is 37.8 Å². The van der Waals surface area contributed by atoms with E-state index in [4.69, 9.17) is 5.73 Å². The summed E-state index contributed by atoms with van der Waals surface area (Å²) in [6.07, 6.45) is 5.59. The van der Waals surface area contributed by atoms with Crippen LogP contribution in [0.25, 0.3) is 10.9 Å². The van der Waals surface area contributed by atoms with E-state index in [1.54, 1.807) is 0 Å². The zero-order valence-electron chi connectivity index (χ0n) is 14.3. The van der Waals surface area contributed by atoms with Crippen molar-refractivity contribution in [1.82, 2.24) is 14.8 Å². The lowest BCUT2D eigenvalue weighted by Gasteiger charge is -2.38. The number of nitrogens with one attached hydrogen (secondary N) is 1. The maximum atomic E-state index is 12.8. The molecule has 132 valence electrons. The molecule has 0 radical (unpaired) electrons. The van der Waals surface area contributed by atoms with E-state index in [0.29, 0.717) is 6.04 Å². The maximum Gasteiger partial charge on any atom is 0.253 e. The number of amides is 2. The first kappa shape index (κ1) is 16.1.